The molecule has 66 valence electrons. The van der Waals surface area contributed by atoms with Gasteiger partial charge in [0.05, 0.1) is 0 Å². The van der Waals surface area contributed by atoms with Crippen LogP contribution in [0.1, 0.15) is 32.0 Å². The van der Waals surface area contributed by atoms with E-state index in [1.54, 1.807) is 19.2 Å². The number of hydrogen-bond donors (Lipinski definition) is 0. The molecule has 0 aromatic carbocycles. The summed E-state index contributed by atoms with van der Waals surface area (Å²) in [5.74, 6) is 0. The van der Waals surface area contributed by atoms with Gasteiger partial charge in [-0.15, -0.1) is 0 Å². The van der Waals surface area contributed by atoms with Crippen LogP contribution in [0.15, 0.2) is 17.1 Å². The first-order valence-corrected chi connectivity index (χ1v) is 4.21. The molecule has 0 saturated heterocycles. The predicted octanol–water partition coefficient (Wildman–Crippen LogP) is 1.52. The van der Waals surface area contributed by atoms with Gasteiger partial charge in [-0.05, 0) is 20.3 Å². The van der Waals surface area contributed by atoms with E-state index in [1.165, 1.54) is 0 Å². The molecule has 1 heterocycles. The highest BCUT2D eigenvalue weighted by atomic mass is 16.1. The minimum atomic E-state index is 0.00885. The molecule has 1 rings (SSSR count). The molecule has 0 spiro atoms. The smallest absolute Gasteiger partial charge is 0.203 e. The van der Waals surface area contributed by atoms with Crippen molar-refractivity contribution in [2.24, 2.45) is 0 Å². The summed E-state index contributed by atoms with van der Waals surface area (Å²) in [4.78, 5) is 11.0. The SMILES string of the molecule is CCC(C)n1ccc(=O)c(C)n1. The van der Waals surface area contributed by atoms with Crippen molar-refractivity contribution in [1.82, 2.24) is 9.78 Å². The lowest BCUT2D eigenvalue weighted by Crippen LogP contribution is -2.16. The Balaban J connectivity index is 3.04. The molecular weight excluding hydrogens is 152 g/mol. The third-order valence-electron chi connectivity index (χ3n) is 2.04. The van der Waals surface area contributed by atoms with Crippen LogP contribution in [0, 0.1) is 6.92 Å². The van der Waals surface area contributed by atoms with Gasteiger partial charge < -0.3 is 0 Å². The molecule has 0 saturated carbocycles. The van der Waals surface area contributed by atoms with E-state index in [9.17, 15) is 4.79 Å². The average molecular weight is 166 g/mol. The van der Waals surface area contributed by atoms with Crippen molar-refractivity contribution in [2.75, 3.05) is 0 Å². The summed E-state index contributed by atoms with van der Waals surface area (Å²) in [7, 11) is 0. The second-order valence-corrected chi connectivity index (χ2v) is 3.00. The first kappa shape index (κ1) is 8.97. The lowest BCUT2D eigenvalue weighted by atomic mass is 10.3. The summed E-state index contributed by atoms with van der Waals surface area (Å²) in [6, 6.07) is 1.93. The first-order valence-electron chi connectivity index (χ1n) is 4.21. The molecule has 0 aliphatic heterocycles. The monoisotopic (exact) mass is 166 g/mol. The number of nitrogens with zero attached hydrogens (tertiary/aromatic N) is 2. The van der Waals surface area contributed by atoms with Gasteiger partial charge in [0, 0.05) is 18.3 Å². The van der Waals surface area contributed by atoms with E-state index in [2.05, 4.69) is 18.9 Å². The number of hydrogen-bond acceptors (Lipinski definition) is 2. The van der Waals surface area contributed by atoms with E-state index in [1.807, 2.05) is 4.68 Å². The van der Waals surface area contributed by atoms with Crippen molar-refractivity contribution < 1.29 is 0 Å². The predicted molar refractivity (Wildman–Crippen MR) is 48.2 cm³/mol. The standard InChI is InChI=1S/C9H14N2O/c1-4-7(2)11-6-5-9(12)8(3)10-11/h5-7H,4H2,1-3H3. The van der Waals surface area contributed by atoms with E-state index in [0.717, 1.165) is 6.42 Å². The largest absolute Gasteiger partial charge is 0.288 e. The lowest BCUT2D eigenvalue weighted by Gasteiger charge is -2.11. The van der Waals surface area contributed by atoms with Gasteiger partial charge in [-0.25, -0.2) is 0 Å². The highest BCUT2D eigenvalue weighted by Crippen LogP contribution is 2.05. The fourth-order valence-corrected chi connectivity index (χ4v) is 0.953. The molecule has 0 amide bonds. The summed E-state index contributed by atoms with van der Waals surface area (Å²) < 4.78 is 1.83. The molecule has 1 unspecified atom stereocenters. The van der Waals surface area contributed by atoms with Crippen molar-refractivity contribution in [3.8, 4) is 0 Å². The third-order valence-corrected chi connectivity index (χ3v) is 2.04. The number of aromatic nitrogens is 2. The van der Waals surface area contributed by atoms with Gasteiger partial charge in [0.15, 0.2) is 0 Å². The van der Waals surface area contributed by atoms with Crippen molar-refractivity contribution in [3.63, 3.8) is 0 Å². The van der Waals surface area contributed by atoms with Crippen LogP contribution in [0.4, 0.5) is 0 Å². The van der Waals surface area contributed by atoms with Crippen LogP contribution in [0.3, 0.4) is 0 Å². The van der Waals surface area contributed by atoms with Crippen LogP contribution < -0.4 is 5.43 Å². The Hall–Kier alpha value is -1.12. The highest BCUT2D eigenvalue weighted by Gasteiger charge is 2.01. The molecule has 1 atom stereocenters. The van der Waals surface area contributed by atoms with E-state index < -0.39 is 0 Å². The molecule has 1 aromatic rings. The lowest BCUT2D eigenvalue weighted by molar-refractivity contribution is 0.463. The van der Waals surface area contributed by atoms with Crippen LogP contribution in [-0.4, -0.2) is 9.78 Å². The molecule has 0 radical (unpaired) electrons. The van der Waals surface area contributed by atoms with Crippen molar-refractivity contribution >= 4 is 0 Å². The van der Waals surface area contributed by atoms with Crippen LogP contribution in [-0.2, 0) is 0 Å². The van der Waals surface area contributed by atoms with Gasteiger partial charge in [-0.3, -0.25) is 9.48 Å². The van der Waals surface area contributed by atoms with Gasteiger partial charge in [0.1, 0.15) is 5.69 Å². The summed E-state index contributed by atoms with van der Waals surface area (Å²) in [5.41, 5.74) is 0.576. The normalized spacial score (nSPS) is 12.9. The fourth-order valence-electron chi connectivity index (χ4n) is 0.953. The molecule has 12 heavy (non-hydrogen) atoms. The van der Waals surface area contributed by atoms with Crippen molar-refractivity contribution in [3.05, 3.63) is 28.2 Å². The van der Waals surface area contributed by atoms with Crippen molar-refractivity contribution in [2.45, 2.75) is 33.2 Å². The number of rotatable bonds is 2. The zero-order valence-electron chi connectivity index (χ0n) is 7.74. The van der Waals surface area contributed by atoms with Crippen LogP contribution >= 0.6 is 0 Å². The second-order valence-electron chi connectivity index (χ2n) is 3.00. The molecule has 3 heteroatoms. The summed E-state index contributed by atoms with van der Waals surface area (Å²) in [5, 5.41) is 4.15. The minimum absolute atomic E-state index is 0.00885. The Morgan fingerprint density at radius 1 is 1.67 bits per heavy atom. The maximum atomic E-state index is 11.0. The molecule has 0 aliphatic rings. The molecule has 1 aromatic heterocycles. The molecule has 0 N–H and O–H groups in total. The Bertz CT molecular complexity index is 317. The summed E-state index contributed by atoms with van der Waals surface area (Å²) in [6.07, 6.45) is 2.76. The topological polar surface area (TPSA) is 34.9 Å². The maximum absolute atomic E-state index is 11.0. The van der Waals surface area contributed by atoms with Gasteiger partial charge in [0.25, 0.3) is 0 Å². The fraction of sp³-hybridized carbons (Fsp3) is 0.556. The van der Waals surface area contributed by atoms with Gasteiger partial charge in [-0.2, -0.15) is 5.10 Å². The van der Waals surface area contributed by atoms with E-state index in [4.69, 9.17) is 0 Å². The molecule has 0 aliphatic carbocycles. The zero-order chi connectivity index (χ0) is 9.14. The van der Waals surface area contributed by atoms with E-state index in [-0.39, 0.29) is 5.43 Å². The summed E-state index contributed by atoms with van der Waals surface area (Å²) >= 11 is 0. The van der Waals surface area contributed by atoms with Crippen LogP contribution in [0.25, 0.3) is 0 Å². The Kier molecular flexibility index (Phi) is 2.63. The van der Waals surface area contributed by atoms with Gasteiger partial charge >= 0.3 is 0 Å². The van der Waals surface area contributed by atoms with Crippen LogP contribution in [0.5, 0.6) is 0 Å². The van der Waals surface area contributed by atoms with Crippen LogP contribution in [0.2, 0.25) is 0 Å². The Labute approximate surface area is 72.0 Å². The third kappa shape index (κ3) is 1.72. The Morgan fingerprint density at radius 3 is 2.83 bits per heavy atom. The molecule has 0 bridgehead atoms. The summed E-state index contributed by atoms with van der Waals surface area (Å²) in [6.45, 7) is 5.91. The quantitative estimate of drug-likeness (QED) is 0.667. The molecular formula is C9H14N2O. The Morgan fingerprint density at radius 2 is 2.33 bits per heavy atom. The van der Waals surface area contributed by atoms with E-state index in [0.29, 0.717) is 11.7 Å². The van der Waals surface area contributed by atoms with Gasteiger partial charge in [0.2, 0.25) is 5.43 Å². The number of aryl methyl sites for hydroxylation is 1. The maximum Gasteiger partial charge on any atom is 0.203 e. The molecule has 3 nitrogen and oxygen atoms in total. The second kappa shape index (κ2) is 3.52. The van der Waals surface area contributed by atoms with E-state index >= 15 is 0 Å². The zero-order valence-corrected chi connectivity index (χ0v) is 7.74. The molecule has 0 fully saturated rings. The van der Waals surface area contributed by atoms with Crippen molar-refractivity contribution in [1.29, 1.82) is 0 Å². The van der Waals surface area contributed by atoms with Gasteiger partial charge in [-0.1, -0.05) is 6.92 Å². The average Bonchev–Trinajstić information content (AvgIpc) is 2.08. The highest BCUT2D eigenvalue weighted by molar-refractivity contribution is 4.98. The first-order chi connectivity index (χ1) is 5.65. The minimum Gasteiger partial charge on any atom is -0.288 e.